The van der Waals surface area contributed by atoms with Crippen molar-refractivity contribution in [2.45, 2.75) is 38.8 Å². The fraction of sp³-hybridized carbons (Fsp3) is 0.444. The van der Waals surface area contributed by atoms with E-state index in [1.54, 1.807) is 38.2 Å². The molecule has 1 aliphatic rings. The molecule has 6 nitrogen and oxygen atoms in total. The summed E-state index contributed by atoms with van der Waals surface area (Å²) in [5.41, 5.74) is 1.76. The number of carbonyl (C=O) groups is 1. The number of carbonyl (C=O) groups excluding carboxylic acids is 1. The molecule has 1 aromatic carbocycles. The molecule has 1 amide bonds. The Morgan fingerprint density at radius 3 is 2.85 bits per heavy atom. The highest BCUT2D eigenvalue weighted by Gasteiger charge is 2.28. The molecule has 26 heavy (non-hydrogen) atoms. The van der Waals surface area contributed by atoms with E-state index in [1.165, 1.54) is 4.68 Å². The summed E-state index contributed by atoms with van der Waals surface area (Å²) in [6.07, 6.45) is 2.19. The van der Waals surface area contributed by atoms with Gasteiger partial charge in [-0.15, -0.1) is 0 Å². The number of aromatic nitrogens is 2. The first-order valence-corrected chi connectivity index (χ1v) is 8.51. The second-order valence-electron chi connectivity index (χ2n) is 6.09. The zero-order valence-electron chi connectivity index (χ0n) is 14.7. The van der Waals surface area contributed by atoms with Crippen LogP contribution in [0.5, 0.6) is 11.5 Å². The Kier molecular flexibility index (Phi) is 5.39. The van der Waals surface area contributed by atoms with Gasteiger partial charge in [0.25, 0.3) is 5.91 Å². The minimum atomic E-state index is -2.98. The molecule has 0 radical (unpaired) electrons. The van der Waals surface area contributed by atoms with Crippen molar-refractivity contribution in [3.8, 4) is 11.5 Å². The Morgan fingerprint density at radius 1 is 1.42 bits per heavy atom. The third-order valence-corrected chi connectivity index (χ3v) is 4.13. The fourth-order valence-electron chi connectivity index (χ4n) is 2.74. The second kappa shape index (κ2) is 7.72. The smallest absolute Gasteiger partial charge is 0.387 e. The lowest BCUT2D eigenvalue weighted by molar-refractivity contribution is -0.0520. The summed E-state index contributed by atoms with van der Waals surface area (Å²) in [6, 6.07) is 6.61. The molecule has 1 saturated carbocycles. The number of para-hydroxylation sites is 1. The molecule has 8 heteroatoms. The number of amides is 1. The van der Waals surface area contributed by atoms with Crippen LogP contribution in [0.1, 0.15) is 47.4 Å². The topological polar surface area (TPSA) is 65.4 Å². The highest BCUT2D eigenvalue weighted by Crippen LogP contribution is 2.39. The number of hydrogen-bond acceptors (Lipinski definition) is 4. The number of halogens is 2. The predicted molar refractivity (Wildman–Crippen MR) is 90.6 cm³/mol. The van der Waals surface area contributed by atoms with Gasteiger partial charge in [-0.3, -0.25) is 9.48 Å². The first-order valence-electron chi connectivity index (χ1n) is 8.51. The van der Waals surface area contributed by atoms with Gasteiger partial charge in [-0.25, -0.2) is 0 Å². The number of ether oxygens (including phenoxy) is 2. The van der Waals surface area contributed by atoms with E-state index in [4.69, 9.17) is 4.74 Å². The summed E-state index contributed by atoms with van der Waals surface area (Å²) in [5, 5.41) is 7.09. The van der Waals surface area contributed by atoms with Crippen LogP contribution in [0, 0.1) is 0 Å². The maximum atomic E-state index is 12.7. The molecule has 0 atom stereocenters. The zero-order chi connectivity index (χ0) is 18.7. The molecule has 0 saturated heterocycles. The molecule has 1 aliphatic carbocycles. The Balaban J connectivity index is 1.74. The van der Waals surface area contributed by atoms with Crippen molar-refractivity contribution in [1.29, 1.82) is 0 Å². The molecule has 3 rings (SSSR count). The lowest BCUT2D eigenvalue weighted by Gasteiger charge is -2.15. The molecule has 0 spiro atoms. The molecular weight excluding hydrogens is 344 g/mol. The molecule has 1 N–H and O–H groups in total. The number of nitrogens with zero attached hydrogens (tertiary/aromatic N) is 2. The van der Waals surface area contributed by atoms with Gasteiger partial charge in [0, 0.05) is 25.1 Å². The van der Waals surface area contributed by atoms with Crippen LogP contribution in [-0.2, 0) is 13.6 Å². The van der Waals surface area contributed by atoms with Crippen molar-refractivity contribution in [2.24, 2.45) is 7.05 Å². The Labute approximate surface area is 150 Å². The average Bonchev–Trinajstić information content (AvgIpc) is 3.37. The molecule has 1 heterocycles. The van der Waals surface area contributed by atoms with E-state index in [9.17, 15) is 13.6 Å². The van der Waals surface area contributed by atoms with Gasteiger partial charge in [-0.05, 0) is 31.9 Å². The summed E-state index contributed by atoms with van der Waals surface area (Å²) >= 11 is 0. The molecule has 0 aliphatic heterocycles. The van der Waals surface area contributed by atoms with Crippen molar-refractivity contribution in [3.05, 3.63) is 41.2 Å². The SMILES string of the molecule is CCOc1cccc(CNC(=O)c2cc(C3CC3)nn2C)c1OC(F)F. The maximum absolute atomic E-state index is 12.7. The summed E-state index contributed by atoms with van der Waals surface area (Å²) in [7, 11) is 1.71. The van der Waals surface area contributed by atoms with E-state index in [1.807, 2.05) is 0 Å². The monoisotopic (exact) mass is 365 g/mol. The minimum absolute atomic E-state index is 0.0335. The van der Waals surface area contributed by atoms with E-state index in [-0.39, 0.29) is 24.0 Å². The highest BCUT2D eigenvalue weighted by molar-refractivity contribution is 5.92. The van der Waals surface area contributed by atoms with Crippen LogP contribution in [-0.4, -0.2) is 28.9 Å². The number of aryl methyl sites for hydroxylation is 1. The summed E-state index contributed by atoms with van der Waals surface area (Å²) in [6.45, 7) is -0.884. The van der Waals surface area contributed by atoms with Gasteiger partial charge in [0.2, 0.25) is 0 Å². The van der Waals surface area contributed by atoms with Crippen molar-refractivity contribution < 1.29 is 23.0 Å². The third-order valence-electron chi connectivity index (χ3n) is 4.13. The van der Waals surface area contributed by atoms with E-state index < -0.39 is 6.61 Å². The number of hydrogen-bond donors (Lipinski definition) is 1. The molecule has 2 aromatic rings. The first kappa shape index (κ1) is 18.2. The van der Waals surface area contributed by atoms with Gasteiger partial charge in [0.1, 0.15) is 5.69 Å². The standard InChI is InChI=1S/C18H21F2N3O3/c1-3-25-15-6-4-5-12(16(15)26-18(19)20)10-21-17(24)14-9-13(11-7-8-11)22-23(14)2/h4-6,9,11,18H,3,7-8,10H2,1-2H3,(H,21,24). The van der Waals surface area contributed by atoms with Gasteiger partial charge in [-0.1, -0.05) is 12.1 Å². The quantitative estimate of drug-likeness (QED) is 0.780. The second-order valence-corrected chi connectivity index (χ2v) is 6.09. The number of rotatable bonds is 8. The Bertz CT molecular complexity index is 788. The van der Waals surface area contributed by atoms with Crippen LogP contribution in [0.2, 0.25) is 0 Å². The van der Waals surface area contributed by atoms with Crippen molar-refractivity contribution in [2.75, 3.05) is 6.61 Å². The van der Waals surface area contributed by atoms with Crippen molar-refractivity contribution in [3.63, 3.8) is 0 Å². The lowest BCUT2D eigenvalue weighted by atomic mass is 10.1. The van der Waals surface area contributed by atoms with Gasteiger partial charge in [0.15, 0.2) is 11.5 Å². The van der Waals surface area contributed by atoms with Crippen molar-refractivity contribution in [1.82, 2.24) is 15.1 Å². The molecule has 1 fully saturated rings. The van der Waals surface area contributed by atoms with E-state index in [0.717, 1.165) is 18.5 Å². The first-order chi connectivity index (χ1) is 12.5. The number of benzene rings is 1. The van der Waals surface area contributed by atoms with E-state index in [2.05, 4.69) is 15.2 Å². The summed E-state index contributed by atoms with van der Waals surface area (Å²) < 4.78 is 37.0. The summed E-state index contributed by atoms with van der Waals surface area (Å²) in [4.78, 5) is 12.4. The molecular formula is C18H21F2N3O3. The van der Waals surface area contributed by atoms with Crippen LogP contribution in [0.25, 0.3) is 0 Å². The largest absolute Gasteiger partial charge is 0.490 e. The van der Waals surface area contributed by atoms with Gasteiger partial charge < -0.3 is 14.8 Å². The van der Waals surface area contributed by atoms with Crippen LogP contribution < -0.4 is 14.8 Å². The summed E-state index contributed by atoms with van der Waals surface area (Å²) in [5.74, 6) is 0.276. The van der Waals surface area contributed by atoms with Gasteiger partial charge >= 0.3 is 6.61 Å². The fourth-order valence-corrected chi connectivity index (χ4v) is 2.74. The number of alkyl halides is 2. The molecule has 1 aromatic heterocycles. The van der Waals surface area contributed by atoms with Gasteiger partial charge in [0.05, 0.1) is 12.3 Å². The normalized spacial score (nSPS) is 13.7. The van der Waals surface area contributed by atoms with Crippen LogP contribution >= 0.6 is 0 Å². The van der Waals surface area contributed by atoms with Gasteiger partial charge in [-0.2, -0.15) is 13.9 Å². The Hall–Kier alpha value is -2.64. The molecule has 0 unspecified atom stereocenters. The van der Waals surface area contributed by atoms with E-state index >= 15 is 0 Å². The molecule has 0 bridgehead atoms. The molecule has 140 valence electrons. The zero-order valence-corrected chi connectivity index (χ0v) is 14.7. The van der Waals surface area contributed by atoms with Crippen LogP contribution in [0.4, 0.5) is 8.78 Å². The van der Waals surface area contributed by atoms with Crippen molar-refractivity contribution >= 4 is 5.91 Å². The number of nitrogens with one attached hydrogen (secondary N) is 1. The van der Waals surface area contributed by atoms with Crippen LogP contribution in [0.3, 0.4) is 0 Å². The maximum Gasteiger partial charge on any atom is 0.387 e. The highest BCUT2D eigenvalue weighted by atomic mass is 19.3. The third kappa shape index (κ3) is 4.12. The van der Waals surface area contributed by atoms with Crippen LogP contribution in [0.15, 0.2) is 24.3 Å². The predicted octanol–water partition coefficient (Wildman–Crippen LogP) is 3.23. The minimum Gasteiger partial charge on any atom is -0.490 e. The van der Waals surface area contributed by atoms with E-state index in [0.29, 0.717) is 23.8 Å². The lowest BCUT2D eigenvalue weighted by Crippen LogP contribution is -2.25. The average molecular weight is 365 g/mol. The Morgan fingerprint density at radius 2 is 2.19 bits per heavy atom.